The van der Waals surface area contributed by atoms with Gasteiger partial charge >= 0.3 is 0 Å². The highest BCUT2D eigenvalue weighted by molar-refractivity contribution is 5.80. The Kier molecular flexibility index (Phi) is 5.56. The highest BCUT2D eigenvalue weighted by Crippen LogP contribution is 2.28. The topological polar surface area (TPSA) is 54.9 Å². The third-order valence-electron chi connectivity index (χ3n) is 3.82. The fourth-order valence-electron chi connectivity index (χ4n) is 2.51. The molecule has 126 valence electrons. The molecule has 2 aromatic rings. The standard InChI is InChI=1S/C19H23N3O2/c1-23-18-12-16(13-22-19-20-10-5-11-21-19)8-9-17(18)24-14-15-6-3-2-4-7-15/h2-4,6-9,12H,5,10-11,13-14H2,1H3,(H2,20,21,22). The van der Waals surface area contributed by atoms with Gasteiger partial charge in [-0.3, -0.25) is 4.99 Å². The second kappa shape index (κ2) is 8.24. The van der Waals surface area contributed by atoms with Crippen molar-refractivity contribution in [2.75, 3.05) is 20.2 Å². The Bertz CT molecular complexity index is 686. The smallest absolute Gasteiger partial charge is 0.191 e. The average molecular weight is 325 g/mol. The van der Waals surface area contributed by atoms with Crippen molar-refractivity contribution in [3.63, 3.8) is 0 Å². The Morgan fingerprint density at radius 1 is 1.08 bits per heavy atom. The molecule has 3 rings (SSSR count). The molecule has 0 aliphatic carbocycles. The maximum absolute atomic E-state index is 5.88. The Labute approximate surface area is 142 Å². The number of rotatable bonds is 6. The summed E-state index contributed by atoms with van der Waals surface area (Å²) in [5.41, 5.74) is 2.25. The van der Waals surface area contributed by atoms with Gasteiger partial charge in [-0.25, -0.2) is 0 Å². The molecule has 1 aliphatic rings. The Morgan fingerprint density at radius 3 is 2.71 bits per heavy atom. The Balaban J connectivity index is 1.60. The van der Waals surface area contributed by atoms with Crippen LogP contribution in [0.1, 0.15) is 17.5 Å². The highest BCUT2D eigenvalue weighted by atomic mass is 16.5. The summed E-state index contributed by atoms with van der Waals surface area (Å²) in [5, 5.41) is 6.56. The van der Waals surface area contributed by atoms with E-state index in [2.05, 4.69) is 15.6 Å². The number of hydrogen-bond acceptors (Lipinski definition) is 5. The maximum atomic E-state index is 5.88. The third-order valence-corrected chi connectivity index (χ3v) is 3.82. The lowest BCUT2D eigenvalue weighted by atomic mass is 10.2. The Hall–Kier alpha value is -2.69. The summed E-state index contributed by atoms with van der Waals surface area (Å²) < 4.78 is 11.3. The zero-order valence-corrected chi connectivity index (χ0v) is 13.9. The molecule has 1 aliphatic heterocycles. The van der Waals surface area contributed by atoms with Crippen molar-refractivity contribution < 1.29 is 9.47 Å². The van der Waals surface area contributed by atoms with Gasteiger partial charge < -0.3 is 20.1 Å². The van der Waals surface area contributed by atoms with Crippen molar-refractivity contribution in [3.8, 4) is 11.5 Å². The molecule has 0 fully saturated rings. The summed E-state index contributed by atoms with van der Waals surface area (Å²) in [7, 11) is 1.66. The largest absolute Gasteiger partial charge is 0.493 e. The lowest BCUT2D eigenvalue weighted by Gasteiger charge is -2.17. The zero-order chi connectivity index (χ0) is 16.6. The molecule has 5 heteroatoms. The van der Waals surface area contributed by atoms with E-state index >= 15 is 0 Å². The number of methoxy groups -OCH3 is 1. The summed E-state index contributed by atoms with van der Waals surface area (Å²) in [6.45, 7) is 3.07. The van der Waals surface area contributed by atoms with Crippen molar-refractivity contribution in [1.82, 2.24) is 10.6 Å². The van der Waals surface area contributed by atoms with Crippen LogP contribution in [0.25, 0.3) is 0 Å². The molecule has 5 nitrogen and oxygen atoms in total. The van der Waals surface area contributed by atoms with Gasteiger partial charge in [0.25, 0.3) is 0 Å². The van der Waals surface area contributed by atoms with Crippen molar-refractivity contribution in [3.05, 3.63) is 59.7 Å². The molecule has 0 spiro atoms. The van der Waals surface area contributed by atoms with E-state index < -0.39 is 0 Å². The van der Waals surface area contributed by atoms with Gasteiger partial charge in [-0.05, 0) is 29.7 Å². The molecule has 0 unspecified atom stereocenters. The van der Waals surface area contributed by atoms with Gasteiger partial charge in [0.05, 0.1) is 7.11 Å². The van der Waals surface area contributed by atoms with Crippen LogP contribution in [0.15, 0.2) is 53.5 Å². The first kappa shape index (κ1) is 16.2. The highest BCUT2D eigenvalue weighted by Gasteiger charge is 2.08. The fourth-order valence-corrected chi connectivity index (χ4v) is 2.51. The lowest BCUT2D eigenvalue weighted by Crippen LogP contribution is -2.40. The molecule has 0 aromatic heterocycles. The molecule has 0 bridgehead atoms. The van der Waals surface area contributed by atoms with E-state index in [1.807, 2.05) is 48.5 Å². The summed E-state index contributed by atoms with van der Waals surface area (Å²) in [4.78, 5) is 4.41. The first-order valence-corrected chi connectivity index (χ1v) is 8.21. The molecular formula is C19H23N3O2. The normalized spacial score (nSPS) is 13.6. The summed E-state index contributed by atoms with van der Waals surface area (Å²) in [6, 6.07) is 16.1. The maximum Gasteiger partial charge on any atom is 0.191 e. The predicted octanol–water partition coefficient (Wildman–Crippen LogP) is 2.71. The second-order valence-electron chi connectivity index (χ2n) is 5.62. The first-order chi connectivity index (χ1) is 11.8. The molecule has 2 aromatic carbocycles. The van der Waals surface area contributed by atoms with E-state index in [0.717, 1.165) is 48.1 Å². The predicted molar refractivity (Wildman–Crippen MR) is 95.5 cm³/mol. The van der Waals surface area contributed by atoms with E-state index in [0.29, 0.717) is 13.2 Å². The number of aliphatic imine (C=N–C) groups is 1. The Morgan fingerprint density at radius 2 is 1.96 bits per heavy atom. The van der Waals surface area contributed by atoms with Crippen LogP contribution < -0.4 is 20.1 Å². The van der Waals surface area contributed by atoms with Crippen LogP contribution in [0.3, 0.4) is 0 Å². The van der Waals surface area contributed by atoms with Crippen molar-refractivity contribution in [2.24, 2.45) is 4.99 Å². The number of nitrogens with one attached hydrogen (secondary N) is 2. The van der Waals surface area contributed by atoms with Gasteiger partial charge in [0.1, 0.15) is 6.61 Å². The molecule has 2 N–H and O–H groups in total. The van der Waals surface area contributed by atoms with E-state index in [1.54, 1.807) is 7.11 Å². The minimum absolute atomic E-state index is 0.523. The van der Waals surface area contributed by atoms with Gasteiger partial charge in [-0.1, -0.05) is 36.4 Å². The average Bonchev–Trinajstić information content (AvgIpc) is 2.66. The molecule has 1 heterocycles. The van der Waals surface area contributed by atoms with Crippen LogP contribution in [0, 0.1) is 0 Å². The third kappa shape index (κ3) is 4.41. The zero-order valence-electron chi connectivity index (χ0n) is 13.9. The summed E-state index contributed by atoms with van der Waals surface area (Å²) >= 11 is 0. The second-order valence-corrected chi connectivity index (χ2v) is 5.62. The van der Waals surface area contributed by atoms with Crippen LogP contribution in [0.5, 0.6) is 11.5 Å². The van der Waals surface area contributed by atoms with Gasteiger partial charge in [-0.15, -0.1) is 0 Å². The van der Waals surface area contributed by atoms with Crippen LogP contribution in [-0.2, 0) is 13.2 Å². The number of ether oxygens (including phenoxy) is 2. The minimum atomic E-state index is 0.523. The van der Waals surface area contributed by atoms with Crippen molar-refractivity contribution in [1.29, 1.82) is 0 Å². The van der Waals surface area contributed by atoms with Gasteiger partial charge in [0, 0.05) is 19.6 Å². The molecule has 0 saturated heterocycles. The van der Waals surface area contributed by atoms with Gasteiger partial charge in [-0.2, -0.15) is 0 Å². The van der Waals surface area contributed by atoms with E-state index in [4.69, 9.17) is 9.47 Å². The molecule has 0 saturated carbocycles. The SMILES string of the molecule is COc1cc(CNC2=NCCCN2)ccc1OCc1ccccc1. The van der Waals surface area contributed by atoms with E-state index in [1.165, 1.54) is 0 Å². The van der Waals surface area contributed by atoms with Crippen LogP contribution >= 0.6 is 0 Å². The molecular weight excluding hydrogens is 302 g/mol. The number of nitrogens with zero attached hydrogens (tertiary/aromatic N) is 1. The number of hydrogen-bond donors (Lipinski definition) is 2. The van der Waals surface area contributed by atoms with Gasteiger partial charge in [0.2, 0.25) is 0 Å². The molecule has 24 heavy (non-hydrogen) atoms. The number of benzene rings is 2. The quantitative estimate of drug-likeness (QED) is 0.857. The molecule has 0 atom stereocenters. The summed E-state index contributed by atoms with van der Waals surface area (Å²) in [5.74, 6) is 2.35. The summed E-state index contributed by atoms with van der Waals surface area (Å²) in [6.07, 6.45) is 1.09. The fraction of sp³-hybridized carbons (Fsp3) is 0.316. The minimum Gasteiger partial charge on any atom is -0.493 e. The van der Waals surface area contributed by atoms with Crippen molar-refractivity contribution >= 4 is 5.96 Å². The first-order valence-electron chi connectivity index (χ1n) is 8.21. The van der Waals surface area contributed by atoms with E-state index in [-0.39, 0.29) is 0 Å². The van der Waals surface area contributed by atoms with Crippen LogP contribution in [-0.4, -0.2) is 26.2 Å². The number of guanidine groups is 1. The van der Waals surface area contributed by atoms with Crippen LogP contribution in [0.4, 0.5) is 0 Å². The van der Waals surface area contributed by atoms with Crippen molar-refractivity contribution in [2.45, 2.75) is 19.6 Å². The van der Waals surface area contributed by atoms with E-state index in [9.17, 15) is 0 Å². The molecule has 0 radical (unpaired) electrons. The molecule has 0 amide bonds. The van der Waals surface area contributed by atoms with Gasteiger partial charge in [0.15, 0.2) is 17.5 Å². The lowest BCUT2D eigenvalue weighted by molar-refractivity contribution is 0.284. The monoisotopic (exact) mass is 325 g/mol. The van der Waals surface area contributed by atoms with Crippen LogP contribution in [0.2, 0.25) is 0 Å².